The van der Waals surface area contributed by atoms with E-state index in [0.29, 0.717) is 10.8 Å². The van der Waals surface area contributed by atoms with Gasteiger partial charge in [-0.05, 0) is 25.2 Å². The number of piperidine rings is 2. The first-order valence-electron chi connectivity index (χ1n) is 15.4. The van der Waals surface area contributed by atoms with Crippen LogP contribution in [0.2, 0.25) is 0 Å². The molecule has 4 nitrogen and oxygen atoms in total. The lowest BCUT2D eigenvalue weighted by Crippen LogP contribution is -2.58. The molecule has 0 atom stereocenters. The molecule has 0 N–H and O–H groups in total. The Labute approximate surface area is 233 Å². The minimum atomic E-state index is 0.300. The fourth-order valence-electron chi connectivity index (χ4n) is 8.15. The number of quaternary nitrogens is 2. The van der Waals surface area contributed by atoms with Gasteiger partial charge in [0.1, 0.15) is 0 Å². The quantitative estimate of drug-likeness (QED) is 0.516. The maximum Gasteiger partial charge on any atom is 0.0796 e. The SMILES string of the molecule is CN1CCC[N+]2(C)CCC(c3ccccc3)(CC2)CN(C)CCC[N+]2(C)CCC(c3ccccc3)(CC2)C1. The van der Waals surface area contributed by atoms with E-state index in [1.807, 2.05) is 0 Å². The molecule has 0 spiro atoms. The van der Waals surface area contributed by atoms with Gasteiger partial charge < -0.3 is 18.8 Å². The van der Waals surface area contributed by atoms with E-state index in [0.717, 1.165) is 0 Å². The van der Waals surface area contributed by atoms with E-state index in [-0.39, 0.29) is 0 Å². The summed E-state index contributed by atoms with van der Waals surface area (Å²) in [5.41, 5.74) is 3.74. The standard InChI is InChI=1S/C34H54N4/c1-35-21-11-23-37(3)27-19-34(20-28-37,32-15-9-6-10-16-32)30-36(2)22-12-24-38(4)25-17-33(29-35,18-26-38)31-13-7-5-8-14-31/h5-10,13-16H,11-12,17-30H2,1-4H3/q+2. The number of benzene rings is 2. The van der Waals surface area contributed by atoms with Crippen molar-refractivity contribution in [2.45, 2.75) is 49.4 Å². The van der Waals surface area contributed by atoms with Crippen molar-refractivity contribution in [1.29, 1.82) is 0 Å². The minimum absolute atomic E-state index is 0.300. The third-order valence-corrected chi connectivity index (χ3v) is 10.9. The first-order valence-corrected chi connectivity index (χ1v) is 15.4. The summed E-state index contributed by atoms with van der Waals surface area (Å²) < 4.78 is 2.48. The molecule has 38 heavy (non-hydrogen) atoms. The summed E-state index contributed by atoms with van der Waals surface area (Å²) in [7, 11) is 9.83. The lowest BCUT2D eigenvalue weighted by molar-refractivity contribution is -0.916. The van der Waals surface area contributed by atoms with Crippen molar-refractivity contribution in [3.63, 3.8) is 0 Å². The van der Waals surface area contributed by atoms with Crippen LogP contribution in [-0.4, -0.2) is 112 Å². The molecule has 6 aliphatic rings. The largest absolute Gasteiger partial charge is 0.326 e. The maximum atomic E-state index is 2.67. The van der Waals surface area contributed by atoms with E-state index < -0.39 is 0 Å². The van der Waals surface area contributed by atoms with Crippen LogP contribution in [0.3, 0.4) is 0 Å². The molecule has 0 aromatic heterocycles. The molecule has 6 aliphatic heterocycles. The zero-order valence-corrected chi connectivity index (χ0v) is 24.9. The fraction of sp³-hybridized carbons (Fsp3) is 0.647. The Kier molecular flexibility index (Phi) is 8.36. The van der Waals surface area contributed by atoms with Crippen LogP contribution < -0.4 is 0 Å². The smallest absolute Gasteiger partial charge is 0.0796 e. The van der Waals surface area contributed by atoms with Crippen LogP contribution in [0.15, 0.2) is 60.7 Å². The van der Waals surface area contributed by atoms with Crippen LogP contribution in [0.5, 0.6) is 0 Å². The van der Waals surface area contributed by atoms with Gasteiger partial charge in [-0.2, -0.15) is 0 Å². The molecule has 0 aliphatic carbocycles. The van der Waals surface area contributed by atoms with Gasteiger partial charge >= 0.3 is 0 Å². The summed E-state index contributed by atoms with van der Waals surface area (Å²) >= 11 is 0. The Hall–Kier alpha value is -1.72. The van der Waals surface area contributed by atoms with E-state index in [9.17, 15) is 0 Å². The molecule has 0 unspecified atom stereocenters. The number of hydrogen-bond acceptors (Lipinski definition) is 2. The van der Waals surface area contributed by atoms with Crippen molar-refractivity contribution in [2.75, 3.05) is 93.6 Å². The highest BCUT2D eigenvalue weighted by atomic mass is 15.3. The van der Waals surface area contributed by atoms with Gasteiger partial charge in [0.2, 0.25) is 0 Å². The zero-order valence-electron chi connectivity index (χ0n) is 24.9. The highest BCUT2D eigenvalue weighted by Crippen LogP contribution is 2.40. The van der Waals surface area contributed by atoms with Crippen molar-refractivity contribution < 1.29 is 8.97 Å². The van der Waals surface area contributed by atoms with Gasteiger partial charge in [0.15, 0.2) is 0 Å². The van der Waals surface area contributed by atoms with Crippen molar-refractivity contribution in [3.05, 3.63) is 71.8 Å². The van der Waals surface area contributed by atoms with Crippen LogP contribution in [0.25, 0.3) is 0 Å². The summed E-state index contributed by atoms with van der Waals surface area (Å²) in [6, 6.07) is 23.0. The Balaban J connectivity index is 1.36. The molecule has 6 fully saturated rings. The van der Waals surface area contributed by atoms with Crippen LogP contribution in [-0.2, 0) is 10.8 Å². The number of hydrogen-bond donors (Lipinski definition) is 0. The van der Waals surface area contributed by atoms with Crippen molar-refractivity contribution in [3.8, 4) is 0 Å². The fourth-order valence-corrected chi connectivity index (χ4v) is 8.15. The van der Waals surface area contributed by atoms with Gasteiger partial charge in [-0.25, -0.2) is 0 Å². The second-order valence-corrected chi connectivity index (χ2v) is 14.1. The number of rotatable bonds is 2. The minimum Gasteiger partial charge on any atom is -0.326 e. The van der Waals surface area contributed by atoms with Crippen molar-refractivity contribution >= 4 is 0 Å². The van der Waals surface area contributed by atoms with E-state index in [1.54, 1.807) is 11.1 Å². The molecule has 0 radical (unpaired) electrons. The third-order valence-electron chi connectivity index (χ3n) is 10.9. The van der Waals surface area contributed by atoms with Gasteiger partial charge in [0.05, 0.1) is 53.4 Å². The molecular weight excluding hydrogens is 464 g/mol. The first kappa shape index (κ1) is 27.8. The third kappa shape index (κ3) is 6.20. The zero-order chi connectivity index (χ0) is 26.7. The first-order chi connectivity index (χ1) is 18.2. The number of likely N-dealkylation sites (N-methyl/N-ethyl adjacent to an activating group) is 2. The van der Waals surface area contributed by atoms with Gasteiger partial charge in [-0.15, -0.1) is 0 Å². The van der Waals surface area contributed by atoms with Gasteiger partial charge in [-0.3, -0.25) is 0 Å². The van der Waals surface area contributed by atoms with Crippen LogP contribution in [0.4, 0.5) is 0 Å². The monoisotopic (exact) mass is 518 g/mol. The molecule has 2 aromatic rings. The van der Waals surface area contributed by atoms with Gasteiger partial charge in [0.25, 0.3) is 0 Å². The molecule has 208 valence electrons. The predicted octanol–water partition coefficient (Wildman–Crippen LogP) is 5.00. The Morgan fingerprint density at radius 3 is 1.21 bits per heavy atom. The highest BCUT2D eigenvalue weighted by Gasteiger charge is 2.44. The summed E-state index contributed by atoms with van der Waals surface area (Å²) in [4.78, 5) is 5.34. The molecule has 2 aromatic carbocycles. The molecule has 6 saturated heterocycles. The van der Waals surface area contributed by atoms with Crippen molar-refractivity contribution in [2.24, 2.45) is 0 Å². The number of nitrogens with zero attached hydrogens (tertiary/aromatic N) is 4. The van der Waals surface area contributed by atoms with E-state index in [4.69, 9.17) is 0 Å². The second-order valence-electron chi connectivity index (χ2n) is 14.1. The molecular formula is C34H54N4+2. The lowest BCUT2D eigenvalue weighted by Gasteiger charge is -2.49. The summed E-state index contributed by atoms with van der Waals surface area (Å²) in [5.74, 6) is 0. The van der Waals surface area contributed by atoms with Gasteiger partial charge in [-0.1, -0.05) is 60.7 Å². The predicted molar refractivity (Wildman–Crippen MR) is 161 cm³/mol. The topological polar surface area (TPSA) is 6.48 Å². The molecule has 4 heteroatoms. The molecule has 8 rings (SSSR count). The molecule has 4 bridgehead atoms. The van der Waals surface area contributed by atoms with Crippen LogP contribution in [0.1, 0.15) is 49.7 Å². The molecule has 0 amide bonds. The lowest BCUT2D eigenvalue weighted by atomic mass is 9.71. The molecule has 6 heterocycles. The second kappa shape index (κ2) is 11.4. The average Bonchev–Trinajstić information content (AvgIpc) is 2.92. The van der Waals surface area contributed by atoms with E-state index in [2.05, 4.69) is 98.7 Å². The Morgan fingerprint density at radius 1 is 0.526 bits per heavy atom. The normalized spacial score (nSPS) is 36.5. The highest BCUT2D eigenvalue weighted by molar-refractivity contribution is 5.27. The maximum absolute atomic E-state index is 2.67. The average molecular weight is 519 g/mol. The van der Waals surface area contributed by atoms with Crippen LogP contribution in [0, 0.1) is 0 Å². The molecule has 0 saturated carbocycles. The van der Waals surface area contributed by atoms with E-state index in [1.165, 1.54) is 113 Å². The Morgan fingerprint density at radius 2 is 0.868 bits per heavy atom. The van der Waals surface area contributed by atoms with Crippen molar-refractivity contribution in [1.82, 2.24) is 9.80 Å². The van der Waals surface area contributed by atoms with Crippen LogP contribution >= 0.6 is 0 Å². The Bertz CT molecular complexity index is 920. The van der Waals surface area contributed by atoms with E-state index >= 15 is 0 Å². The summed E-state index contributed by atoms with van der Waals surface area (Å²) in [6.07, 6.45) is 7.81. The summed E-state index contributed by atoms with van der Waals surface area (Å²) in [5, 5.41) is 0. The summed E-state index contributed by atoms with van der Waals surface area (Å²) in [6.45, 7) is 12.6. The van der Waals surface area contributed by atoms with Gasteiger partial charge in [0, 0.05) is 75.5 Å².